The number of halogens is 1. The predicted molar refractivity (Wildman–Crippen MR) is 136 cm³/mol. The van der Waals surface area contributed by atoms with Gasteiger partial charge in [-0.1, -0.05) is 97.4 Å². The van der Waals surface area contributed by atoms with Gasteiger partial charge in [0.2, 0.25) is 0 Å². The van der Waals surface area contributed by atoms with Crippen molar-refractivity contribution in [3.8, 4) is 0 Å². The molecule has 3 aromatic rings. The molecule has 0 spiro atoms. The Hall–Kier alpha value is -1.88. The highest BCUT2D eigenvalue weighted by Crippen LogP contribution is 2.36. The van der Waals surface area contributed by atoms with Crippen LogP contribution in [0.1, 0.15) is 27.2 Å². The number of benzene rings is 3. The first-order valence-corrected chi connectivity index (χ1v) is 13.3. The molecule has 0 radical (unpaired) electrons. The van der Waals surface area contributed by atoms with Crippen LogP contribution in [0.3, 0.4) is 0 Å². The molecular weight excluding hydrogens is 450 g/mol. The van der Waals surface area contributed by atoms with Crippen molar-refractivity contribution in [3.05, 3.63) is 89.4 Å². The molecule has 3 aromatic carbocycles. The van der Waals surface area contributed by atoms with Gasteiger partial charge in [-0.15, -0.1) is 0 Å². The topological polar surface area (TPSA) is 12.5 Å². The van der Waals surface area contributed by atoms with Gasteiger partial charge in [0, 0.05) is 30.4 Å². The summed E-state index contributed by atoms with van der Waals surface area (Å²) in [7, 11) is -0.288. The second kappa shape index (κ2) is 9.95. The Morgan fingerprint density at radius 1 is 0.800 bits per heavy atom. The van der Waals surface area contributed by atoms with Crippen LogP contribution in [0, 0.1) is 0 Å². The van der Waals surface area contributed by atoms with E-state index >= 15 is 0 Å². The highest BCUT2D eigenvalue weighted by Gasteiger charge is 2.49. The lowest BCUT2D eigenvalue weighted by molar-refractivity contribution is 0.293. The maximum absolute atomic E-state index is 6.98. The minimum absolute atomic E-state index is 0.0211. The Morgan fingerprint density at radius 3 is 1.77 bits per heavy atom. The monoisotopic (exact) mass is 481 g/mol. The van der Waals surface area contributed by atoms with Crippen molar-refractivity contribution in [3.63, 3.8) is 0 Å². The normalized spacial score (nSPS) is 12.0. The third kappa shape index (κ3) is 5.05. The van der Waals surface area contributed by atoms with Crippen LogP contribution in [-0.2, 0) is 4.43 Å². The molecular formula is C26H32BrNOSi. The molecule has 30 heavy (non-hydrogen) atoms. The van der Waals surface area contributed by atoms with Crippen LogP contribution in [-0.4, -0.2) is 28.5 Å². The van der Waals surface area contributed by atoms with Crippen molar-refractivity contribution >= 4 is 40.3 Å². The summed E-state index contributed by atoms with van der Waals surface area (Å²) < 4.78 is 8.08. The summed E-state index contributed by atoms with van der Waals surface area (Å²) in [5.74, 6) is 0. The molecule has 158 valence electrons. The van der Waals surface area contributed by atoms with Crippen LogP contribution in [0.5, 0.6) is 0 Å². The quantitative estimate of drug-likeness (QED) is 0.295. The van der Waals surface area contributed by atoms with Gasteiger partial charge in [0.1, 0.15) is 0 Å². The first-order valence-electron chi connectivity index (χ1n) is 10.6. The van der Waals surface area contributed by atoms with E-state index in [1.807, 2.05) is 0 Å². The van der Waals surface area contributed by atoms with Crippen molar-refractivity contribution in [2.75, 3.05) is 25.1 Å². The summed E-state index contributed by atoms with van der Waals surface area (Å²) in [6.45, 7) is 8.68. The van der Waals surface area contributed by atoms with Crippen LogP contribution in [0.4, 0.5) is 5.69 Å². The molecule has 0 saturated carbocycles. The maximum atomic E-state index is 6.98. The van der Waals surface area contributed by atoms with Crippen molar-refractivity contribution in [2.24, 2.45) is 0 Å². The zero-order chi connectivity index (χ0) is 21.6. The van der Waals surface area contributed by atoms with Crippen molar-refractivity contribution in [1.82, 2.24) is 0 Å². The van der Waals surface area contributed by atoms with Crippen molar-refractivity contribution in [2.45, 2.75) is 32.2 Å². The molecule has 0 fully saturated rings. The molecule has 4 heteroatoms. The van der Waals surface area contributed by atoms with Crippen LogP contribution in [0.2, 0.25) is 5.04 Å². The highest BCUT2D eigenvalue weighted by atomic mass is 79.9. The maximum Gasteiger partial charge on any atom is 0.261 e. The molecule has 0 atom stereocenters. The minimum Gasteiger partial charge on any atom is -0.407 e. The van der Waals surface area contributed by atoms with E-state index in [9.17, 15) is 0 Å². The fourth-order valence-corrected chi connectivity index (χ4v) is 8.98. The van der Waals surface area contributed by atoms with E-state index in [2.05, 4.69) is 134 Å². The number of rotatable bonds is 8. The molecule has 3 rings (SSSR count). The molecule has 0 N–H and O–H groups in total. The van der Waals surface area contributed by atoms with Gasteiger partial charge in [-0.05, 0) is 46.1 Å². The van der Waals surface area contributed by atoms with E-state index in [1.165, 1.54) is 16.1 Å². The van der Waals surface area contributed by atoms with Crippen molar-refractivity contribution in [1.29, 1.82) is 0 Å². The molecule has 0 heterocycles. The SMILES string of the molecule is CN(CCCO[Si](c1ccccc1)(c1ccccc1)C(C)(C)C)c1ccc(Br)cc1. The van der Waals surface area contributed by atoms with E-state index in [0.717, 1.165) is 24.0 Å². The summed E-state index contributed by atoms with van der Waals surface area (Å²) >= 11 is 3.51. The molecule has 0 unspecified atom stereocenters. The predicted octanol–water partition coefficient (Wildman–Crippen LogP) is 5.85. The molecule has 0 saturated heterocycles. The molecule has 0 aliphatic heterocycles. The second-order valence-electron chi connectivity index (χ2n) is 8.76. The lowest BCUT2D eigenvalue weighted by Crippen LogP contribution is -2.66. The minimum atomic E-state index is -2.43. The Balaban J connectivity index is 1.80. The molecule has 0 aliphatic rings. The lowest BCUT2D eigenvalue weighted by Gasteiger charge is -2.43. The van der Waals surface area contributed by atoms with Crippen LogP contribution in [0.15, 0.2) is 89.4 Å². The third-order valence-corrected chi connectivity index (χ3v) is 11.2. The summed E-state index contributed by atoms with van der Waals surface area (Å²) in [5.41, 5.74) is 1.23. The van der Waals surface area contributed by atoms with E-state index in [0.29, 0.717) is 0 Å². The van der Waals surface area contributed by atoms with Gasteiger partial charge in [0.15, 0.2) is 0 Å². The van der Waals surface area contributed by atoms with E-state index in [-0.39, 0.29) is 5.04 Å². The lowest BCUT2D eigenvalue weighted by atomic mass is 10.2. The summed E-state index contributed by atoms with van der Waals surface area (Å²) in [6, 6.07) is 30.2. The third-order valence-electron chi connectivity index (χ3n) is 5.64. The molecule has 2 nitrogen and oxygen atoms in total. The molecule has 0 amide bonds. The Labute approximate surface area is 191 Å². The Morgan fingerprint density at radius 2 is 1.30 bits per heavy atom. The summed E-state index contributed by atoms with van der Waals surface area (Å²) in [5, 5.41) is 2.70. The van der Waals surface area contributed by atoms with Crippen LogP contribution in [0.25, 0.3) is 0 Å². The number of nitrogens with zero attached hydrogens (tertiary/aromatic N) is 1. The zero-order valence-electron chi connectivity index (χ0n) is 18.4. The van der Waals surface area contributed by atoms with Gasteiger partial charge in [-0.3, -0.25) is 0 Å². The molecule has 0 aliphatic carbocycles. The fourth-order valence-electron chi connectivity index (χ4n) is 4.11. The Bertz CT molecular complexity index is 868. The zero-order valence-corrected chi connectivity index (χ0v) is 21.0. The Kier molecular flexibility index (Phi) is 7.56. The summed E-state index contributed by atoms with van der Waals surface area (Å²) in [6.07, 6.45) is 0.983. The smallest absolute Gasteiger partial charge is 0.261 e. The highest BCUT2D eigenvalue weighted by molar-refractivity contribution is 9.10. The average molecular weight is 483 g/mol. The van der Waals surface area contributed by atoms with Crippen LogP contribution < -0.4 is 15.3 Å². The number of hydrogen-bond donors (Lipinski definition) is 0. The standard InChI is InChI=1S/C26H32BrNOSi/c1-26(2,3)30(24-12-7-5-8-13-24,25-14-9-6-10-15-25)29-21-11-20-28(4)23-18-16-22(27)17-19-23/h5-10,12-19H,11,20-21H2,1-4H3. The second-order valence-corrected chi connectivity index (χ2v) is 14.0. The van der Waals surface area contributed by atoms with Crippen LogP contribution >= 0.6 is 15.9 Å². The van der Waals surface area contributed by atoms with Gasteiger partial charge in [0.05, 0.1) is 0 Å². The van der Waals surface area contributed by atoms with Gasteiger partial charge in [0.25, 0.3) is 8.32 Å². The molecule has 0 aromatic heterocycles. The largest absolute Gasteiger partial charge is 0.407 e. The van der Waals surface area contributed by atoms with E-state index in [1.54, 1.807) is 0 Å². The first kappa shape index (κ1) is 22.8. The van der Waals surface area contributed by atoms with Gasteiger partial charge < -0.3 is 9.33 Å². The van der Waals surface area contributed by atoms with Gasteiger partial charge in [-0.2, -0.15) is 0 Å². The van der Waals surface area contributed by atoms with E-state index in [4.69, 9.17) is 4.43 Å². The van der Waals surface area contributed by atoms with E-state index < -0.39 is 8.32 Å². The summed E-state index contributed by atoms with van der Waals surface area (Å²) in [4.78, 5) is 2.29. The van der Waals surface area contributed by atoms with Gasteiger partial charge >= 0.3 is 0 Å². The average Bonchev–Trinajstić information content (AvgIpc) is 2.74. The molecule has 0 bridgehead atoms. The first-order chi connectivity index (χ1) is 14.3. The number of anilines is 1. The fraction of sp³-hybridized carbons (Fsp3) is 0.308. The number of hydrogen-bond acceptors (Lipinski definition) is 2. The van der Waals surface area contributed by atoms with Crippen molar-refractivity contribution < 1.29 is 4.43 Å². The van der Waals surface area contributed by atoms with Gasteiger partial charge in [-0.25, -0.2) is 0 Å².